The van der Waals surface area contributed by atoms with Gasteiger partial charge in [-0.25, -0.2) is 0 Å². The molecule has 84 valence electrons. The van der Waals surface area contributed by atoms with Gasteiger partial charge < -0.3 is 5.32 Å². The lowest BCUT2D eigenvalue weighted by molar-refractivity contribution is -0.115. The molecule has 1 heterocycles. The van der Waals surface area contributed by atoms with Crippen LogP contribution in [0.2, 0.25) is 0 Å². The summed E-state index contributed by atoms with van der Waals surface area (Å²) in [6.45, 7) is 1.34. The SMILES string of the molecule is O=C1NCCCC1=NCc1cccc(Br)c1. The maximum Gasteiger partial charge on any atom is 0.265 e. The minimum atomic E-state index is -0.0127. The van der Waals surface area contributed by atoms with E-state index in [0.29, 0.717) is 12.3 Å². The van der Waals surface area contributed by atoms with Crippen molar-refractivity contribution in [2.24, 2.45) is 4.99 Å². The highest BCUT2D eigenvalue weighted by Gasteiger charge is 2.14. The van der Waals surface area contributed by atoms with Gasteiger partial charge in [0.25, 0.3) is 5.91 Å². The molecule has 2 rings (SSSR count). The zero-order valence-corrected chi connectivity index (χ0v) is 10.5. The van der Waals surface area contributed by atoms with Crippen LogP contribution in [0.1, 0.15) is 18.4 Å². The van der Waals surface area contributed by atoms with Crippen LogP contribution in [0.25, 0.3) is 0 Å². The van der Waals surface area contributed by atoms with E-state index in [1.807, 2.05) is 24.3 Å². The van der Waals surface area contributed by atoms with Crippen LogP contribution < -0.4 is 5.32 Å². The van der Waals surface area contributed by atoms with Crippen molar-refractivity contribution in [3.63, 3.8) is 0 Å². The van der Waals surface area contributed by atoms with E-state index >= 15 is 0 Å². The Hall–Kier alpha value is -1.16. The molecule has 16 heavy (non-hydrogen) atoms. The molecule has 1 aliphatic heterocycles. The Bertz CT molecular complexity index is 429. The molecule has 1 aliphatic rings. The first-order valence-electron chi connectivity index (χ1n) is 5.31. The first kappa shape index (κ1) is 11.3. The molecule has 1 N–H and O–H groups in total. The van der Waals surface area contributed by atoms with Crippen LogP contribution in [-0.4, -0.2) is 18.2 Å². The number of carbonyl (C=O) groups is 1. The fourth-order valence-corrected chi connectivity index (χ4v) is 2.09. The van der Waals surface area contributed by atoms with E-state index in [1.54, 1.807) is 0 Å². The molecule has 0 aliphatic carbocycles. The number of nitrogens with one attached hydrogen (secondary N) is 1. The van der Waals surface area contributed by atoms with Gasteiger partial charge in [-0.15, -0.1) is 0 Å². The fraction of sp³-hybridized carbons (Fsp3) is 0.333. The average Bonchev–Trinajstić information content (AvgIpc) is 2.28. The summed E-state index contributed by atoms with van der Waals surface area (Å²) in [5.74, 6) is -0.0127. The monoisotopic (exact) mass is 280 g/mol. The molecule has 3 nitrogen and oxygen atoms in total. The highest BCUT2D eigenvalue weighted by Crippen LogP contribution is 2.12. The average molecular weight is 281 g/mol. The number of halogens is 1. The number of aliphatic imine (C=N–C) groups is 1. The Kier molecular flexibility index (Phi) is 3.72. The Morgan fingerprint density at radius 2 is 2.31 bits per heavy atom. The van der Waals surface area contributed by atoms with E-state index in [1.165, 1.54) is 0 Å². The van der Waals surface area contributed by atoms with E-state index in [9.17, 15) is 4.79 Å². The molecule has 0 bridgehead atoms. The lowest BCUT2D eigenvalue weighted by Crippen LogP contribution is -2.36. The Balaban J connectivity index is 2.05. The van der Waals surface area contributed by atoms with Crippen molar-refractivity contribution in [1.82, 2.24) is 5.32 Å². The third-order valence-corrected chi connectivity index (χ3v) is 2.97. The molecule has 0 saturated carbocycles. The summed E-state index contributed by atoms with van der Waals surface area (Å²) in [5, 5.41) is 2.80. The molecule has 0 aromatic heterocycles. The van der Waals surface area contributed by atoms with Crippen molar-refractivity contribution in [3.8, 4) is 0 Å². The van der Waals surface area contributed by atoms with E-state index in [-0.39, 0.29) is 5.91 Å². The van der Waals surface area contributed by atoms with E-state index in [4.69, 9.17) is 0 Å². The Labute approximate surface area is 103 Å². The molecule has 1 aromatic rings. The van der Waals surface area contributed by atoms with E-state index < -0.39 is 0 Å². The van der Waals surface area contributed by atoms with Crippen LogP contribution in [0, 0.1) is 0 Å². The van der Waals surface area contributed by atoms with Crippen molar-refractivity contribution >= 4 is 27.5 Å². The standard InChI is InChI=1S/C12H13BrN2O/c13-10-4-1-3-9(7-10)8-15-11-5-2-6-14-12(11)16/h1,3-4,7H,2,5-6,8H2,(H,14,16). The molecule has 1 amide bonds. The topological polar surface area (TPSA) is 41.5 Å². The predicted molar refractivity (Wildman–Crippen MR) is 67.5 cm³/mol. The van der Waals surface area contributed by atoms with Crippen LogP contribution in [-0.2, 0) is 11.3 Å². The van der Waals surface area contributed by atoms with Gasteiger partial charge in [-0.2, -0.15) is 0 Å². The number of amides is 1. The van der Waals surface area contributed by atoms with Crippen LogP contribution in [0.5, 0.6) is 0 Å². The van der Waals surface area contributed by atoms with Crippen molar-refractivity contribution in [2.45, 2.75) is 19.4 Å². The smallest absolute Gasteiger partial charge is 0.265 e. The van der Waals surface area contributed by atoms with E-state index in [2.05, 4.69) is 26.2 Å². The molecule has 4 heteroatoms. The van der Waals surface area contributed by atoms with Gasteiger partial charge in [0.2, 0.25) is 0 Å². The second kappa shape index (κ2) is 5.25. The van der Waals surface area contributed by atoms with Crippen molar-refractivity contribution in [1.29, 1.82) is 0 Å². The normalized spacial score (nSPS) is 18.6. The number of piperidine rings is 1. The number of nitrogens with zero attached hydrogens (tertiary/aromatic N) is 1. The molecule has 0 radical (unpaired) electrons. The zero-order chi connectivity index (χ0) is 11.4. The lowest BCUT2D eigenvalue weighted by Gasteiger charge is -2.13. The Morgan fingerprint density at radius 3 is 3.06 bits per heavy atom. The predicted octanol–water partition coefficient (Wildman–Crippen LogP) is 2.30. The first-order valence-corrected chi connectivity index (χ1v) is 6.11. The van der Waals surface area contributed by atoms with Crippen LogP contribution in [0.4, 0.5) is 0 Å². The van der Waals surface area contributed by atoms with Gasteiger partial charge in [0.15, 0.2) is 0 Å². The van der Waals surface area contributed by atoms with Gasteiger partial charge in [0.05, 0.1) is 12.3 Å². The van der Waals surface area contributed by atoms with Gasteiger partial charge in [-0.05, 0) is 30.5 Å². The maximum atomic E-state index is 11.4. The third kappa shape index (κ3) is 2.92. The molecular weight excluding hydrogens is 268 g/mol. The summed E-state index contributed by atoms with van der Waals surface area (Å²) in [4.78, 5) is 15.8. The molecular formula is C12H13BrN2O. The molecule has 0 atom stereocenters. The number of benzene rings is 1. The minimum Gasteiger partial charge on any atom is -0.351 e. The van der Waals surface area contributed by atoms with Crippen LogP contribution >= 0.6 is 15.9 Å². The highest BCUT2D eigenvalue weighted by atomic mass is 79.9. The Morgan fingerprint density at radius 1 is 1.44 bits per heavy atom. The second-order valence-electron chi connectivity index (χ2n) is 3.75. The van der Waals surface area contributed by atoms with Crippen molar-refractivity contribution in [2.75, 3.05) is 6.54 Å². The van der Waals surface area contributed by atoms with Gasteiger partial charge in [-0.1, -0.05) is 28.1 Å². The summed E-state index contributed by atoms with van der Waals surface area (Å²) in [5.41, 5.74) is 1.78. The number of rotatable bonds is 2. The van der Waals surface area contributed by atoms with Crippen molar-refractivity contribution < 1.29 is 4.79 Å². The summed E-state index contributed by atoms with van der Waals surface area (Å²) in [6, 6.07) is 7.98. The van der Waals surface area contributed by atoms with Gasteiger partial charge in [0, 0.05) is 11.0 Å². The largest absolute Gasteiger partial charge is 0.351 e. The summed E-state index contributed by atoms with van der Waals surface area (Å²) < 4.78 is 1.04. The van der Waals surface area contributed by atoms with Crippen LogP contribution in [0.3, 0.4) is 0 Å². The van der Waals surface area contributed by atoms with Gasteiger partial charge >= 0.3 is 0 Å². The first-order chi connectivity index (χ1) is 7.75. The molecule has 1 saturated heterocycles. The summed E-state index contributed by atoms with van der Waals surface area (Å²) >= 11 is 3.41. The lowest BCUT2D eigenvalue weighted by atomic mass is 10.1. The molecule has 0 unspecified atom stereocenters. The zero-order valence-electron chi connectivity index (χ0n) is 8.87. The van der Waals surface area contributed by atoms with Gasteiger partial charge in [-0.3, -0.25) is 9.79 Å². The molecule has 1 aromatic carbocycles. The molecule has 1 fully saturated rings. The summed E-state index contributed by atoms with van der Waals surface area (Å²) in [7, 11) is 0. The molecule has 0 spiro atoms. The van der Waals surface area contributed by atoms with E-state index in [0.717, 1.165) is 29.4 Å². The van der Waals surface area contributed by atoms with Gasteiger partial charge in [0.1, 0.15) is 0 Å². The third-order valence-electron chi connectivity index (χ3n) is 2.48. The summed E-state index contributed by atoms with van der Waals surface area (Å²) in [6.07, 6.45) is 1.78. The number of hydrogen-bond donors (Lipinski definition) is 1. The van der Waals surface area contributed by atoms with Crippen molar-refractivity contribution in [3.05, 3.63) is 34.3 Å². The fourth-order valence-electron chi connectivity index (χ4n) is 1.65. The quantitative estimate of drug-likeness (QED) is 0.888. The highest BCUT2D eigenvalue weighted by molar-refractivity contribution is 9.10. The van der Waals surface area contributed by atoms with Crippen LogP contribution in [0.15, 0.2) is 33.7 Å². The second-order valence-corrected chi connectivity index (χ2v) is 4.67. The number of hydrogen-bond acceptors (Lipinski definition) is 2. The minimum absolute atomic E-state index is 0.0127. The number of carbonyl (C=O) groups excluding carboxylic acids is 1. The maximum absolute atomic E-state index is 11.4.